The van der Waals surface area contributed by atoms with Gasteiger partial charge < -0.3 is 18.8 Å². The summed E-state index contributed by atoms with van der Waals surface area (Å²) in [5, 5.41) is 3.38. The Hall–Kier alpha value is -3.25. The molecule has 0 atom stereocenters. The van der Waals surface area contributed by atoms with Gasteiger partial charge in [0.2, 0.25) is 0 Å². The zero-order valence-electron chi connectivity index (χ0n) is 16.6. The summed E-state index contributed by atoms with van der Waals surface area (Å²) >= 11 is 1.72. The molecule has 1 amide bonds. The zero-order valence-corrected chi connectivity index (χ0v) is 17.4. The van der Waals surface area contributed by atoms with Gasteiger partial charge in [0.1, 0.15) is 6.61 Å². The lowest BCUT2D eigenvalue weighted by atomic mass is 10.0. The van der Waals surface area contributed by atoms with Crippen LogP contribution in [0.4, 0.5) is 0 Å². The quantitative estimate of drug-likeness (QED) is 0.432. The largest absolute Gasteiger partial charge is 0.490 e. The Balaban J connectivity index is 1.59. The molecule has 0 saturated heterocycles. The van der Waals surface area contributed by atoms with Crippen LogP contribution in [0.3, 0.4) is 0 Å². The van der Waals surface area contributed by atoms with E-state index < -0.39 is 0 Å². The SMILES string of the molecule is CCOc1cc(-c2csc3ccccc23)cc2c1OCCN(C(=O)c1ccco1)C2. The summed E-state index contributed by atoms with van der Waals surface area (Å²) < 4.78 is 18.5. The molecule has 2 aromatic heterocycles. The summed E-state index contributed by atoms with van der Waals surface area (Å²) in [6.45, 7) is 3.82. The van der Waals surface area contributed by atoms with Crippen molar-refractivity contribution in [3.05, 3.63) is 71.5 Å². The Bertz CT molecular complexity index is 1200. The van der Waals surface area contributed by atoms with Crippen LogP contribution in [0.1, 0.15) is 23.0 Å². The minimum atomic E-state index is -0.138. The van der Waals surface area contributed by atoms with Crippen LogP contribution in [0.15, 0.2) is 64.6 Å². The first-order chi connectivity index (χ1) is 14.7. The number of carbonyl (C=O) groups is 1. The number of ether oxygens (including phenoxy) is 2. The molecule has 2 aromatic carbocycles. The minimum Gasteiger partial charge on any atom is -0.490 e. The highest BCUT2D eigenvalue weighted by molar-refractivity contribution is 7.17. The summed E-state index contributed by atoms with van der Waals surface area (Å²) in [6, 6.07) is 15.9. The first-order valence-electron chi connectivity index (χ1n) is 9.96. The van der Waals surface area contributed by atoms with Crippen molar-refractivity contribution >= 4 is 27.3 Å². The highest BCUT2D eigenvalue weighted by Gasteiger charge is 2.26. The number of furan rings is 1. The van der Waals surface area contributed by atoms with E-state index >= 15 is 0 Å². The smallest absolute Gasteiger partial charge is 0.289 e. The Morgan fingerprint density at radius 1 is 1.20 bits per heavy atom. The van der Waals surface area contributed by atoms with E-state index in [1.807, 2.05) is 13.0 Å². The van der Waals surface area contributed by atoms with E-state index in [9.17, 15) is 4.79 Å². The number of hydrogen-bond donors (Lipinski definition) is 0. The summed E-state index contributed by atoms with van der Waals surface area (Å²) in [6.07, 6.45) is 1.52. The maximum absolute atomic E-state index is 12.9. The van der Waals surface area contributed by atoms with Crippen molar-refractivity contribution in [2.75, 3.05) is 19.8 Å². The van der Waals surface area contributed by atoms with Gasteiger partial charge in [-0.2, -0.15) is 0 Å². The average molecular weight is 420 g/mol. The van der Waals surface area contributed by atoms with Crippen LogP contribution in [0.2, 0.25) is 0 Å². The molecular formula is C24H21NO4S. The molecule has 152 valence electrons. The maximum atomic E-state index is 12.9. The number of nitrogens with zero attached hydrogens (tertiary/aromatic N) is 1. The van der Waals surface area contributed by atoms with Crippen LogP contribution in [-0.2, 0) is 6.54 Å². The third kappa shape index (κ3) is 3.33. The third-order valence-electron chi connectivity index (χ3n) is 5.21. The number of hydrogen-bond acceptors (Lipinski definition) is 5. The molecule has 1 aliphatic heterocycles. The fourth-order valence-corrected chi connectivity index (χ4v) is 4.80. The van der Waals surface area contributed by atoms with E-state index in [0.29, 0.717) is 37.8 Å². The molecule has 0 saturated carbocycles. The van der Waals surface area contributed by atoms with Crippen LogP contribution < -0.4 is 9.47 Å². The number of fused-ring (bicyclic) bond motifs is 2. The predicted molar refractivity (Wildman–Crippen MR) is 117 cm³/mol. The van der Waals surface area contributed by atoms with E-state index in [0.717, 1.165) is 22.4 Å². The molecule has 5 rings (SSSR count). The van der Waals surface area contributed by atoms with E-state index in [4.69, 9.17) is 13.9 Å². The second-order valence-corrected chi connectivity index (χ2v) is 8.00. The van der Waals surface area contributed by atoms with E-state index in [2.05, 4.69) is 35.7 Å². The molecule has 0 bridgehead atoms. The van der Waals surface area contributed by atoms with Gasteiger partial charge in [-0.25, -0.2) is 0 Å². The van der Waals surface area contributed by atoms with Gasteiger partial charge in [-0.15, -0.1) is 11.3 Å². The lowest BCUT2D eigenvalue weighted by molar-refractivity contribution is 0.0701. The topological polar surface area (TPSA) is 51.9 Å². The second kappa shape index (κ2) is 7.88. The lowest BCUT2D eigenvalue weighted by Gasteiger charge is -2.19. The van der Waals surface area contributed by atoms with E-state index in [1.54, 1.807) is 28.4 Å². The minimum absolute atomic E-state index is 0.138. The second-order valence-electron chi connectivity index (χ2n) is 7.09. The molecule has 4 aromatic rings. The van der Waals surface area contributed by atoms with Gasteiger partial charge in [-0.05, 0) is 48.2 Å². The summed E-state index contributed by atoms with van der Waals surface area (Å²) in [7, 11) is 0. The van der Waals surface area contributed by atoms with E-state index in [-0.39, 0.29) is 5.91 Å². The van der Waals surface area contributed by atoms with Crippen molar-refractivity contribution < 1.29 is 18.7 Å². The van der Waals surface area contributed by atoms with Crippen LogP contribution in [0.5, 0.6) is 11.5 Å². The maximum Gasteiger partial charge on any atom is 0.289 e. The molecule has 0 N–H and O–H groups in total. The van der Waals surface area contributed by atoms with Gasteiger partial charge in [0.15, 0.2) is 17.3 Å². The average Bonchev–Trinajstić information content (AvgIpc) is 3.39. The van der Waals surface area contributed by atoms with Crippen molar-refractivity contribution in [1.82, 2.24) is 4.90 Å². The first-order valence-corrected chi connectivity index (χ1v) is 10.8. The predicted octanol–water partition coefficient (Wildman–Crippen LogP) is 5.59. The van der Waals surface area contributed by atoms with Crippen LogP contribution in [0, 0.1) is 0 Å². The molecule has 3 heterocycles. The molecule has 30 heavy (non-hydrogen) atoms. The third-order valence-corrected chi connectivity index (χ3v) is 6.18. The summed E-state index contributed by atoms with van der Waals surface area (Å²) in [5.41, 5.74) is 3.15. The number of carbonyl (C=O) groups excluding carboxylic acids is 1. The molecule has 6 heteroatoms. The zero-order chi connectivity index (χ0) is 20.5. The highest BCUT2D eigenvalue weighted by atomic mass is 32.1. The van der Waals surface area contributed by atoms with Crippen molar-refractivity contribution in [2.24, 2.45) is 0 Å². The van der Waals surface area contributed by atoms with Gasteiger partial charge in [0.05, 0.1) is 26.0 Å². The fourth-order valence-electron chi connectivity index (χ4n) is 3.83. The van der Waals surface area contributed by atoms with Crippen LogP contribution >= 0.6 is 11.3 Å². The number of rotatable bonds is 4. The monoisotopic (exact) mass is 419 g/mol. The van der Waals surface area contributed by atoms with Crippen molar-refractivity contribution in [3.8, 4) is 22.6 Å². The number of thiophene rings is 1. The van der Waals surface area contributed by atoms with Crippen molar-refractivity contribution in [1.29, 1.82) is 0 Å². The molecule has 0 fully saturated rings. The molecular weight excluding hydrogens is 398 g/mol. The molecule has 5 nitrogen and oxygen atoms in total. The fraction of sp³-hybridized carbons (Fsp3) is 0.208. The van der Waals surface area contributed by atoms with Gasteiger partial charge >= 0.3 is 0 Å². The van der Waals surface area contributed by atoms with Gasteiger partial charge in [0, 0.05) is 21.2 Å². The molecule has 0 spiro atoms. The van der Waals surface area contributed by atoms with Gasteiger partial charge in [0.25, 0.3) is 5.91 Å². The number of amides is 1. The number of benzene rings is 2. The molecule has 0 radical (unpaired) electrons. The van der Waals surface area contributed by atoms with Gasteiger partial charge in [-0.3, -0.25) is 4.79 Å². The Morgan fingerprint density at radius 3 is 2.93 bits per heavy atom. The highest BCUT2D eigenvalue weighted by Crippen LogP contribution is 2.41. The standard InChI is InChI=1S/C24H21NO4S/c1-2-27-21-13-16(19-15-30-22-8-4-3-6-18(19)22)12-17-14-25(9-11-29-23(17)21)24(26)20-7-5-10-28-20/h3-8,10,12-13,15H,2,9,11,14H2,1H3. The molecule has 0 unspecified atom stereocenters. The first kappa shape index (κ1) is 18.8. The Kier molecular flexibility index (Phi) is 4.93. The van der Waals surface area contributed by atoms with Crippen LogP contribution in [-0.4, -0.2) is 30.6 Å². The normalized spacial score (nSPS) is 13.6. The molecule has 1 aliphatic rings. The van der Waals surface area contributed by atoms with Crippen LogP contribution in [0.25, 0.3) is 21.2 Å². The van der Waals surface area contributed by atoms with Crippen molar-refractivity contribution in [2.45, 2.75) is 13.5 Å². The Morgan fingerprint density at radius 2 is 2.10 bits per heavy atom. The summed E-state index contributed by atoms with van der Waals surface area (Å²) in [4.78, 5) is 14.6. The lowest BCUT2D eigenvalue weighted by Crippen LogP contribution is -2.32. The van der Waals surface area contributed by atoms with Gasteiger partial charge in [-0.1, -0.05) is 18.2 Å². The summed E-state index contributed by atoms with van der Waals surface area (Å²) in [5.74, 6) is 1.63. The van der Waals surface area contributed by atoms with Crippen molar-refractivity contribution in [3.63, 3.8) is 0 Å². The Labute approximate surface area is 178 Å². The molecule has 0 aliphatic carbocycles. The van der Waals surface area contributed by atoms with E-state index in [1.165, 1.54) is 16.3 Å².